The average molecular weight is 417 g/mol. The van der Waals surface area contributed by atoms with Gasteiger partial charge in [-0.05, 0) is 87.0 Å². The van der Waals surface area contributed by atoms with Crippen LogP contribution in [0.1, 0.15) is 62.8 Å². The molecule has 2 fully saturated rings. The zero-order valence-electron chi connectivity index (χ0n) is 16.8. The van der Waals surface area contributed by atoms with E-state index in [2.05, 4.69) is 0 Å². The minimum atomic E-state index is -0.836. The first-order valence-electron chi connectivity index (χ1n) is 10.6. The Morgan fingerprint density at radius 3 is 2.37 bits per heavy atom. The van der Waals surface area contributed by atoms with Crippen LogP contribution >= 0.6 is 0 Å². The molecule has 3 rings (SSSR count). The van der Waals surface area contributed by atoms with Crippen LogP contribution in [0.15, 0.2) is 42.3 Å². The highest BCUT2D eigenvalue weighted by atomic mass is 19.2. The van der Waals surface area contributed by atoms with E-state index in [0.29, 0.717) is 0 Å². The Balaban J connectivity index is 1.41. The molecule has 0 spiro atoms. The minimum absolute atomic E-state index is 0.107. The standard InChI is InChI=1S/C24H26F3NO2/c25-20(15-28)3-1-2-16-4-6-18(7-5-16)24(29)30-21-11-8-17(9-12-21)19-10-13-22(26)23(27)14-19/h1-3,10,13-14,16-18,21H,4-9,11-12H2. The largest absolute Gasteiger partial charge is 0.462 e. The third-order valence-electron chi connectivity index (χ3n) is 6.21. The summed E-state index contributed by atoms with van der Waals surface area (Å²) in [5.74, 6) is -2.28. The second-order valence-corrected chi connectivity index (χ2v) is 8.21. The zero-order chi connectivity index (χ0) is 21.5. The monoisotopic (exact) mass is 417 g/mol. The maximum Gasteiger partial charge on any atom is 0.309 e. The number of benzene rings is 1. The number of hydrogen-bond acceptors (Lipinski definition) is 3. The second-order valence-electron chi connectivity index (χ2n) is 8.21. The van der Waals surface area contributed by atoms with E-state index in [1.165, 1.54) is 18.2 Å². The second kappa shape index (κ2) is 10.5. The van der Waals surface area contributed by atoms with Crippen molar-refractivity contribution in [2.24, 2.45) is 11.8 Å². The molecule has 0 saturated heterocycles. The van der Waals surface area contributed by atoms with Crippen molar-refractivity contribution in [1.82, 2.24) is 0 Å². The van der Waals surface area contributed by atoms with Crippen LogP contribution in [0.25, 0.3) is 0 Å². The van der Waals surface area contributed by atoms with Crippen LogP contribution in [0.2, 0.25) is 0 Å². The van der Waals surface area contributed by atoms with Crippen LogP contribution in [0.3, 0.4) is 0 Å². The molecule has 6 heteroatoms. The van der Waals surface area contributed by atoms with Gasteiger partial charge in [-0.25, -0.2) is 8.78 Å². The molecule has 0 N–H and O–H groups in total. The molecule has 2 aliphatic carbocycles. The lowest BCUT2D eigenvalue weighted by molar-refractivity contribution is -0.157. The van der Waals surface area contributed by atoms with E-state index in [4.69, 9.17) is 10.00 Å². The topological polar surface area (TPSA) is 50.1 Å². The van der Waals surface area contributed by atoms with Gasteiger partial charge >= 0.3 is 5.97 Å². The molecule has 0 heterocycles. The summed E-state index contributed by atoms with van der Waals surface area (Å²) in [6, 6.07) is 5.49. The van der Waals surface area contributed by atoms with E-state index >= 15 is 0 Å². The highest BCUT2D eigenvalue weighted by Crippen LogP contribution is 2.36. The third-order valence-corrected chi connectivity index (χ3v) is 6.21. The fourth-order valence-electron chi connectivity index (χ4n) is 4.42. The summed E-state index contributed by atoms with van der Waals surface area (Å²) in [6.45, 7) is 0. The molecule has 0 atom stereocenters. The van der Waals surface area contributed by atoms with Gasteiger partial charge in [-0.2, -0.15) is 9.65 Å². The molecule has 1 aromatic rings. The molecule has 2 aliphatic rings. The lowest BCUT2D eigenvalue weighted by atomic mass is 9.81. The van der Waals surface area contributed by atoms with E-state index in [-0.39, 0.29) is 29.8 Å². The molecule has 0 bridgehead atoms. The number of rotatable bonds is 5. The van der Waals surface area contributed by atoms with E-state index in [1.54, 1.807) is 12.1 Å². The number of ether oxygens (including phenoxy) is 1. The lowest BCUT2D eigenvalue weighted by Crippen LogP contribution is -2.29. The molecular formula is C24H26F3NO2. The van der Waals surface area contributed by atoms with Gasteiger partial charge in [0, 0.05) is 0 Å². The molecule has 0 radical (unpaired) electrons. The highest BCUT2D eigenvalue weighted by molar-refractivity contribution is 5.72. The molecule has 1 aromatic carbocycles. The SMILES string of the molecule is N#CC(F)=CC=CC1CCC(C(=O)OC2CCC(c3ccc(F)c(F)c3)CC2)CC1. The van der Waals surface area contributed by atoms with Gasteiger partial charge in [-0.3, -0.25) is 4.79 Å². The van der Waals surface area contributed by atoms with E-state index in [0.717, 1.165) is 63.0 Å². The molecular weight excluding hydrogens is 391 g/mol. The van der Waals surface area contributed by atoms with E-state index in [1.807, 2.05) is 6.08 Å². The van der Waals surface area contributed by atoms with Gasteiger partial charge in [0.15, 0.2) is 17.5 Å². The summed E-state index contributed by atoms with van der Waals surface area (Å²) in [4.78, 5) is 12.5. The van der Waals surface area contributed by atoms with Gasteiger partial charge in [0.25, 0.3) is 0 Å². The number of hydrogen-bond donors (Lipinski definition) is 0. The molecule has 3 nitrogen and oxygen atoms in total. The van der Waals surface area contributed by atoms with Gasteiger partial charge in [-0.15, -0.1) is 0 Å². The number of allylic oxidation sites excluding steroid dienone is 4. The van der Waals surface area contributed by atoms with Crippen LogP contribution in [0.4, 0.5) is 13.2 Å². The van der Waals surface area contributed by atoms with Crippen molar-refractivity contribution in [3.8, 4) is 6.07 Å². The number of nitriles is 1. The van der Waals surface area contributed by atoms with Gasteiger partial charge in [0.2, 0.25) is 0 Å². The van der Waals surface area contributed by atoms with Gasteiger partial charge < -0.3 is 4.74 Å². The minimum Gasteiger partial charge on any atom is -0.462 e. The molecule has 0 aromatic heterocycles. The van der Waals surface area contributed by atoms with Gasteiger partial charge in [0.05, 0.1) is 5.92 Å². The smallest absolute Gasteiger partial charge is 0.309 e. The predicted octanol–water partition coefficient (Wildman–Crippen LogP) is 6.27. The third kappa shape index (κ3) is 5.98. The number of halogens is 3. The van der Waals surface area contributed by atoms with Crippen LogP contribution in [0.5, 0.6) is 0 Å². The number of nitrogens with zero attached hydrogens (tertiary/aromatic N) is 1. The van der Waals surface area contributed by atoms with Gasteiger partial charge in [-0.1, -0.05) is 18.2 Å². The Labute approximate surface area is 175 Å². The molecule has 0 unspecified atom stereocenters. The Morgan fingerprint density at radius 2 is 1.73 bits per heavy atom. The first kappa shape index (κ1) is 22.1. The van der Waals surface area contributed by atoms with Crippen molar-refractivity contribution in [2.75, 3.05) is 0 Å². The summed E-state index contributed by atoms with van der Waals surface area (Å²) in [7, 11) is 0. The molecule has 0 amide bonds. The maximum atomic E-state index is 13.5. The summed E-state index contributed by atoms with van der Waals surface area (Å²) in [5, 5.41) is 8.39. The Morgan fingerprint density at radius 1 is 1.03 bits per heavy atom. The normalized spacial score (nSPS) is 27.6. The summed E-state index contributed by atoms with van der Waals surface area (Å²) in [5.41, 5.74) is 0.801. The van der Waals surface area contributed by atoms with Crippen molar-refractivity contribution in [3.05, 3.63) is 59.5 Å². The summed E-state index contributed by atoms with van der Waals surface area (Å²) >= 11 is 0. The van der Waals surface area contributed by atoms with Crippen molar-refractivity contribution >= 4 is 5.97 Å². The number of carbonyl (C=O) groups excluding carboxylic acids is 1. The zero-order valence-corrected chi connectivity index (χ0v) is 16.8. The summed E-state index contributed by atoms with van der Waals surface area (Å²) in [6.07, 6.45) is 10.7. The predicted molar refractivity (Wildman–Crippen MR) is 107 cm³/mol. The molecule has 2 saturated carbocycles. The number of carbonyl (C=O) groups is 1. The average Bonchev–Trinajstić information content (AvgIpc) is 2.76. The lowest BCUT2D eigenvalue weighted by Gasteiger charge is -2.31. The fourth-order valence-corrected chi connectivity index (χ4v) is 4.42. The van der Waals surface area contributed by atoms with Crippen molar-refractivity contribution in [2.45, 2.75) is 63.4 Å². The van der Waals surface area contributed by atoms with Crippen molar-refractivity contribution in [1.29, 1.82) is 5.26 Å². The van der Waals surface area contributed by atoms with Crippen LogP contribution in [-0.2, 0) is 9.53 Å². The Hall–Kier alpha value is -2.55. The highest BCUT2D eigenvalue weighted by Gasteiger charge is 2.30. The first-order chi connectivity index (χ1) is 14.5. The van der Waals surface area contributed by atoms with Crippen molar-refractivity contribution < 1.29 is 22.7 Å². The Bertz CT molecular complexity index is 842. The number of esters is 1. The van der Waals surface area contributed by atoms with E-state index in [9.17, 15) is 18.0 Å². The van der Waals surface area contributed by atoms with Crippen LogP contribution in [0, 0.1) is 34.8 Å². The molecule has 0 aliphatic heterocycles. The van der Waals surface area contributed by atoms with Gasteiger partial charge in [0.1, 0.15) is 12.2 Å². The Kier molecular flexibility index (Phi) is 7.73. The maximum absolute atomic E-state index is 13.5. The fraction of sp³-hybridized carbons (Fsp3) is 0.500. The quantitative estimate of drug-likeness (QED) is 0.322. The van der Waals surface area contributed by atoms with Crippen LogP contribution in [-0.4, -0.2) is 12.1 Å². The van der Waals surface area contributed by atoms with E-state index < -0.39 is 17.5 Å². The van der Waals surface area contributed by atoms with Crippen molar-refractivity contribution in [3.63, 3.8) is 0 Å². The summed E-state index contributed by atoms with van der Waals surface area (Å²) < 4.78 is 45.1. The first-order valence-corrected chi connectivity index (χ1v) is 10.6. The molecule has 30 heavy (non-hydrogen) atoms. The van der Waals surface area contributed by atoms with Crippen LogP contribution < -0.4 is 0 Å². The molecule has 160 valence electrons.